The van der Waals surface area contributed by atoms with Crippen LogP contribution in [0.1, 0.15) is 51.9 Å². The number of carbonyl (C=O) groups is 1. The van der Waals surface area contributed by atoms with Crippen LogP contribution in [0, 0.1) is 17.8 Å². The van der Waals surface area contributed by atoms with Gasteiger partial charge in [-0.15, -0.1) is 0 Å². The molecule has 18 heavy (non-hydrogen) atoms. The zero-order valence-corrected chi connectivity index (χ0v) is 11.8. The lowest BCUT2D eigenvalue weighted by molar-refractivity contribution is -0.143. The minimum absolute atomic E-state index is 0.0880. The number of unbranched alkanes of at least 4 members (excludes halogenated alkanes) is 1. The molecule has 2 aliphatic carbocycles. The third-order valence-electron chi connectivity index (χ3n) is 4.39. The average molecular weight is 253 g/mol. The van der Waals surface area contributed by atoms with Gasteiger partial charge in [0.15, 0.2) is 0 Å². The maximum absolute atomic E-state index is 11.7. The van der Waals surface area contributed by atoms with Crippen LogP contribution in [-0.2, 0) is 9.53 Å². The Morgan fingerprint density at radius 2 is 1.89 bits per heavy atom. The molecule has 3 nitrogen and oxygen atoms in total. The van der Waals surface area contributed by atoms with E-state index in [0.717, 1.165) is 43.6 Å². The average Bonchev–Trinajstić information content (AvgIpc) is 3.25. The van der Waals surface area contributed by atoms with Gasteiger partial charge in [-0.2, -0.15) is 0 Å². The molecule has 2 rings (SSSR count). The van der Waals surface area contributed by atoms with Crippen LogP contribution in [0.3, 0.4) is 0 Å². The maximum atomic E-state index is 11.7. The van der Waals surface area contributed by atoms with E-state index in [9.17, 15) is 4.79 Å². The highest BCUT2D eigenvalue weighted by molar-refractivity contribution is 5.75. The van der Waals surface area contributed by atoms with Gasteiger partial charge in [0.25, 0.3) is 0 Å². The molecule has 0 aromatic heterocycles. The first-order valence-electron chi connectivity index (χ1n) is 7.57. The number of hydrogen-bond acceptors (Lipinski definition) is 3. The quantitative estimate of drug-likeness (QED) is 0.642. The zero-order chi connectivity index (χ0) is 13.0. The Kier molecular flexibility index (Phi) is 5.04. The lowest BCUT2D eigenvalue weighted by Crippen LogP contribution is -2.41. The fourth-order valence-corrected chi connectivity index (χ4v) is 2.90. The van der Waals surface area contributed by atoms with E-state index in [2.05, 4.69) is 12.2 Å². The second-order valence-corrected chi connectivity index (χ2v) is 5.96. The highest BCUT2D eigenvalue weighted by Crippen LogP contribution is 2.48. The third kappa shape index (κ3) is 3.98. The van der Waals surface area contributed by atoms with E-state index < -0.39 is 0 Å². The second kappa shape index (κ2) is 6.55. The van der Waals surface area contributed by atoms with Crippen LogP contribution < -0.4 is 5.32 Å². The Hall–Kier alpha value is -0.570. The smallest absolute Gasteiger partial charge is 0.322 e. The Bertz CT molecular complexity index is 260. The number of methoxy groups -OCH3 is 1. The predicted molar refractivity (Wildman–Crippen MR) is 72.3 cm³/mol. The molecule has 0 saturated heterocycles. The molecule has 0 radical (unpaired) electrons. The molecule has 0 bridgehead atoms. The van der Waals surface area contributed by atoms with Gasteiger partial charge in [-0.1, -0.05) is 19.8 Å². The molecule has 0 aromatic rings. The van der Waals surface area contributed by atoms with Crippen molar-refractivity contribution in [2.24, 2.45) is 17.8 Å². The summed E-state index contributed by atoms with van der Waals surface area (Å²) in [5.74, 6) is 2.61. The molecule has 2 aliphatic rings. The zero-order valence-electron chi connectivity index (χ0n) is 11.8. The summed E-state index contributed by atoms with van der Waals surface area (Å²) in [6, 6.07) is -0.0880. The van der Waals surface area contributed by atoms with Gasteiger partial charge in [-0.05, 0) is 56.4 Å². The molecule has 2 saturated carbocycles. The summed E-state index contributed by atoms with van der Waals surface area (Å²) < 4.78 is 4.89. The van der Waals surface area contributed by atoms with Crippen LogP contribution in [-0.4, -0.2) is 25.7 Å². The normalized spacial score (nSPS) is 21.1. The molecular weight excluding hydrogens is 226 g/mol. The number of ether oxygens (including phenoxy) is 1. The van der Waals surface area contributed by atoms with Gasteiger partial charge < -0.3 is 10.1 Å². The van der Waals surface area contributed by atoms with Crippen molar-refractivity contribution in [1.29, 1.82) is 0 Å². The van der Waals surface area contributed by atoms with Crippen molar-refractivity contribution >= 4 is 5.97 Å². The lowest BCUT2D eigenvalue weighted by atomic mass is 9.97. The number of rotatable bonds is 9. The van der Waals surface area contributed by atoms with Crippen LogP contribution in [0.25, 0.3) is 0 Å². The predicted octanol–water partition coefficient (Wildman–Crippen LogP) is 2.74. The summed E-state index contributed by atoms with van der Waals surface area (Å²) >= 11 is 0. The van der Waals surface area contributed by atoms with Crippen molar-refractivity contribution in [3.8, 4) is 0 Å². The van der Waals surface area contributed by atoms with Crippen molar-refractivity contribution in [1.82, 2.24) is 5.32 Å². The molecule has 0 heterocycles. The van der Waals surface area contributed by atoms with Crippen LogP contribution >= 0.6 is 0 Å². The van der Waals surface area contributed by atoms with E-state index in [1.165, 1.54) is 32.8 Å². The summed E-state index contributed by atoms with van der Waals surface area (Å²) in [7, 11) is 1.49. The third-order valence-corrected chi connectivity index (χ3v) is 4.39. The number of esters is 1. The van der Waals surface area contributed by atoms with Gasteiger partial charge in [0.1, 0.15) is 6.04 Å². The van der Waals surface area contributed by atoms with Crippen molar-refractivity contribution in [2.45, 2.75) is 57.9 Å². The summed E-state index contributed by atoms with van der Waals surface area (Å²) in [5.41, 5.74) is 0. The molecule has 1 atom stereocenters. The molecule has 3 heteroatoms. The van der Waals surface area contributed by atoms with Crippen LogP contribution in [0.5, 0.6) is 0 Å². The van der Waals surface area contributed by atoms with Gasteiger partial charge >= 0.3 is 5.97 Å². The first kappa shape index (κ1) is 13.9. The highest BCUT2D eigenvalue weighted by atomic mass is 16.5. The van der Waals surface area contributed by atoms with Crippen molar-refractivity contribution in [3.05, 3.63) is 0 Å². The van der Waals surface area contributed by atoms with Crippen LogP contribution in [0.15, 0.2) is 0 Å². The fourth-order valence-electron chi connectivity index (χ4n) is 2.90. The summed E-state index contributed by atoms with van der Waals surface area (Å²) in [6.07, 6.45) is 8.74. The highest BCUT2D eigenvalue weighted by Gasteiger charge is 2.41. The molecule has 0 spiro atoms. The second-order valence-electron chi connectivity index (χ2n) is 5.96. The Balaban J connectivity index is 1.77. The maximum Gasteiger partial charge on any atom is 0.322 e. The minimum atomic E-state index is -0.0891. The van der Waals surface area contributed by atoms with Crippen molar-refractivity contribution in [3.63, 3.8) is 0 Å². The van der Waals surface area contributed by atoms with Crippen LogP contribution in [0.4, 0.5) is 0 Å². The first-order valence-corrected chi connectivity index (χ1v) is 7.57. The van der Waals surface area contributed by atoms with E-state index in [1.54, 1.807) is 0 Å². The summed E-state index contributed by atoms with van der Waals surface area (Å²) in [5, 5.41) is 3.47. The largest absolute Gasteiger partial charge is 0.468 e. The molecule has 1 unspecified atom stereocenters. The topological polar surface area (TPSA) is 38.3 Å². The van der Waals surface area contributed by atoms with Gasteiger partial charge in [0.05, 0.1) is 7.11 Å². The molecule has 1 N–H and O–H groups in total. The molecule has 0 amide bonds. The minimum Gasteiger partial charge on any atom is -0.468 e. The Morgan fingerprint density at radius 1 is 1.28 bits per heavy atom. The molecule has 104 valence electrons. The van der Waals surface area contributed by atoms with Gasteiger partial charge in [-0.3, -0.25) is 4.79 Å². The molecule has 0 aromatic carbocycles. The lowest BCUT2D eigenvalue weighted by Gasteiger charge is -2.21. The SMILES string of the molecule is CCCCC(NCC(C1CC1)C1CC1)C(=O)OC. The van der Waals surface area contributed by atoms with E-state index in [-0.39, 0.29) is 12.0 Å². The van der Waals surface area contributed by atoms with Gasteiger partial charge in [0, 0.05) is 0 Å². The van der Waals surface area contributed by atoms with E-state index >= 15 is 0 Å². The molecular formula is C15H27NO2. The Morgan fingerprint density at radius 3 is 2.33 bits per heavy atom. The van der Waals surface area contributed by atoms with E-state index in [4.69, 9.17) is 4.74 Å². The first-order chi connectivity index (χ1) is 8.76. The van der Waals surface area contributed by atoms with Crippen molar-refractivity contribution < 1.29 is 9.53 Å². The standard InChI is InChI=1S/C15H27NO2/c1-3-4-5-14(15(17)18-2)16-10-13(11-6-7-11)12-8-9-12/h11-14,16H,3-10H2,1-2H3. The van der Waals surface area contributed by atoms with Gasteiger partial charge in [-0.25, -0.2) is 0 Å². The fraction of sp³-hybridized carbons (Fsp3) is 0.933. The summed E-state index contributed by atoms with van der Waals surface area (Å²) in [4.78, 5) is 11.7. The molecule has 0 aliphatic heterocycles. The van der Waals surface area contributed by atoms with E-state index in [1.807, 2.05) is 0 Å². The molecule has 2 fully saturated rings. The number of carbonyl (C=O) groups excluding carboxylic acids is 1. The van der Waals surface area contributed by atoms with Crippen LogP contribution in [0.2, 0.25) is 0 Å². The number of hydrogen-bond donors (Lipinski definition) is 1. The van der Waals surface area contributed by atoms with E-state index in [0.29, 0.717) is 0 Å². The number of nitrogens with one attached hydrogen (secondary N) is 1. The summed E-state index contributed by atoms with van der Waals surface area (Å²) in [6.45, 7) is 3.17. The van der Waals surface area contributed by atoms with Gasteiger partial charge in [0.2, 0.25) is 0 Å². The van der Waals surface area contributed by atoms with Crippen molar-refractivity contribution in [2.75, 3.05) is 13.7 Å². The Labute approximate surface area is 111 Å². The monoisotopic (exact) mass is 253 g/mol.